The minimum absolute atomic E-state index is 0.0402. The molecule has 0 saturated carbocycles. The van der Waals surface area contributed by atoms with Gasteiger partial charge in [-0.1, -0.05) is 24.3 Å². The van der Waals surface area contributed by atoms with E-state index in [9.17, 15) is 13.2 Å². The highest BCUT2D eigenvalue weighted by Crippen LogP contribution is 2.28. The number of methoxy groups -OCH3 is 1. The van der Waals surface area contributed by atoms with Crippen LogP contribution in [0.2, 0.25) is 0 Å². The third-order valence-electron chi connectivity index (χ3n) is 4.88. The first-order valence-electron chi connectivity index (χ1n) is 8.90. The Labute approximate surface area is 164 Å². The average Bonchev–Trinajstić information content (AvgIpc) is 3.23. The van der Waals surface area contributed by atoms with Gasteiger partial charge in [0, 0.05) is 24.6 Å². The van der Waals surface area contributed by atoms with Crippen LogP contribution in [0.25, 0.3) is 0 Å². The number of benzene rings is 1. The number of carbonyl (C=O) groups is 1. The normalized spacial score (nSPS) is 17.4. The Bertz CT molecular complexity index is 873. The molecule has 1 atom stereocenters. The Morgan fingerprint density at radius 1 is 1.22 bits per heavy atom. The number of hydrogen-bond donors (Lipinski definition) is 1. The molecule has 27 heavy (non-hydrogen) atoms. The van der Waals surface area contributed by atoms with Crippen molar-refractivity contribution in [3.8, 4) is 5.75 Å². The number of thiophene rings is 1. The SMILES string of the molecule is COc1ccccc1[C@H](C)NC(=O)C1CCN(S(=O)(=O)c2cccs2)CC1. The number of ether oxygens (including phenoxy) is 1. The molecule has 1 aliphatic rings. The van der Waals surface area contributed by atoms with Crippen molar-refractivity contribution in [3.05, 3.63) is 47.3 Å². The van der Waals surface area contributed by atoms with Crippen LogP contribution in [-0.2, 0) is 14.8 Å². The van der Waals surface area contributed by atoms with Crippen LogP contribution in [0.4, 0.5) is 0 Å². The number of amides is 1. The molecule has 6 nitrogen and oxygen atoms in total. The fourth-order valence-electron chi connectivity index (χ4n) is 3.33. The van der Waals surface area contributed by atoms with Gasteiger partial charge in [0.15, 0.2) is 0 Å². The van der Waals surface area contributed by atoms with Crippen molar-refractivity contribution in [2.45, 2.75) is 30.0 Å². The summed E-state index contributed by atoms with van der Waals surface area (Å²) in [7, 11) is -1.83. The molecule has 0 spiro atoms. The molecular formula is C19H24N2O4S2. The third kappa shape index (κ3) is 4.34. The lowest BCUT2D eigenvalue weighted by molar-refractivity contribution is -0.126. The smallest absolute Gasteiger partial charge is 0.252 e. The van der Waals surface area contributed by atoms with Crippen molar-refractivity contribution < 1.29 is 17.9 Å². The van der Waals surface area contributed by atoms with Crippen LogP contribution < -0.4 is 10.1 Å². The van der Waals surface area contributed by atoms with Crippen LogP contribution in [0.15, 0.2) is 46.0 Å². The second kappa shape index (κ2) is 8.41. The van der Waals surface area contributed by atoms with Gasteiger partial charge in [-0.25, -0.2) is 8.42 Å². The van der Waals surface area contributed by atoms with Gasteiger partial charge in [0.25, 0.3) is 10.0 Å². The quantitative estimate of drug-likeness (QED) is 0.797. The fraction of sp³-hybridized carbons (Fsp3) is 0.421. The maximum atomic E-state index is 12.6. The molecule has 0 radical (unpaired) electrons. The minimum atomic E-state index is -3.44. The zero-order valence-corrected chi connectivity index (χ0v) is 17.1. The predicted molar refractivity (Wildman–Crippen MR) is 105 cm³/mol. The van der Waals surface area contributed by atoms with Gasteiger partial charge in [0.1, 0.15) is 9.96 Å². The van der Waals surface area contributed by atoms with Crippen LogP contribution >= 0.6 is 11.3 Å². The van der Waals surface area contributed by atoms with Crippen LogP contribution in [0, 0.1) is 5.92 Å². The van der Waals surface area contributed by atoms with Gasteiger partial charge in [0.2, 0.25) is 5.91 Å². The maximum absolute atomic E-state index is 12.6. The van der Waals surface area contributed by atoms with Crippen molar-refractivity contribution in [2.24, 2.45) is 5.92 Å². The van der Waals surface area contributed by atoms with E-state index in [-0.39, 0.29) is 17.9 Å². The van der Waals surface area contributed by atoms with Crippen molar-refractivity contribution in [1.29, 1.82) is 0 Å². The molecule has 1 fully saturated rings. The summed E-state index contributed by atoms with van der Waals surface area (Å²) in [5.41, 5.74) is 0.922. The lowest BCUT2D eigenvalue weighted by atomic mass is 9.96. The number of carbonyl (C=O) groups excluding carboxylic acids is 1. The van der Waals surface area contributed by atoms with E-state index in [0.29, 0.717) is 30.1 Å². The number of rotatable bonds is 6. The van der Waals surface area contributed by atoms with E-state index in [0.717, 1.165) is 11.3 Å². The Balaban J connectivity index is 1.59. The molecule has 1 saturated heterocycles. The van der Waals surface area contributed by atoms with E-state index in [2.05, 4.69) is 5.32 Å². The largest absolute Gasteiger partial charge is 0.496 e. The number of nitrogens with zero attached hydrogens (tertiary/aromatic N) is 1. The second-order valence-electron chi connectivity index (χ2n) is 6.58. The molecular weight excluding hydrogens is 384 g/mol. The highest BCUT2D eigenvalue weighted by molar-refractivity contribution is 7.91. The van der Waals surface area contributed by atoms with Crippen molar-refractivity contribution in [2.75, 3.05) is 20.2 Å². The summed E-state index contributed by atoms with van der Waals surface area (Å²) in [4.78, 5) is 12.6. The van der Waals surface area contributed by atoms with Gasteiger partial charge in [-0.15, -0.1) is 11.3 Å². The summed E-state index contributed by atoms with van der Waals surface area (Å²) in [5.74, 6) is 0.515. The number of hydrogen-bond acceptors (Lipinski definition) is 5. The molecule has 1 aromatic carbocycles. The molecule has 1 aromatic heterocycles. The zero-order chi connectivity index (χ0) is 19.4. The molecule has 3 rings (SSSR count). The molecule has 1 aliphatic heterocycles. The van der Waals surface area contributed by atoms with Gasteiger partial charge < -0.3 is 10.1 Å². The average molecular weight is 409 g/mol. The van der Waals surface area contributed by atoms with Crippen LogP contribution in [0.1, 0.15) is 31.4 Å². The van der Waals surface area contributed by atoms with E-state index in [1.54, 1.807) is 24.6 Å². The van der Waals surface area contributed by atoms with Gasteiger partial charge in [-0.05, 0) is 37.3 Å². The molecule has 2 aromatic rings. The van der Waals surface area contributed by atoms with Crippen molar-refractivity contribution in [3.63, 3.8) is 0 Å². The Kier molecular flexibility index (Phi) is 6.18. The number of piperidine rings is 1. The van der Waals surface area contributed by atoms with E-state index >= 15 is 0 Å². The van der Waals surface area contributed by atoms with Crippen LogP contribution in [-0.4, -0.2) is 38.8 Å². The van der Waals surface area contributed by atoms with Crippen molar-refractivity contribution >= 4 is 27.3 Å². The molecule has 0 unspecified atom stereocenters. The summed E-state index contributed by atoms with van der Waals surface area (Å²) in [6.07, 6.45) is 1.05. The number of para-hydroxylation sites is 1. The third-order valence-corrected chi connectivity index (χ3v) is 8.15. The zero-order valence-electron chi connectivity index (χ0n) is 15.4. The molecule has 8 heteroatoms. The summed E-state index contributed by atoms with van der Waals surface area (Å²) in [6, 6.07) is 10.8. The van der Waals surface area contributed by atoms with Crippen molar-refractivity contribution in [1.82, 2.24) is 9.62 Å². The predicted octanol–water partition coefficient (Wildman–Crippen LogP) is 3.03. The Morgan fingerprint density at radius 3 is 2.56 bits per heavy atom. The van der Waals surface area contributed by atoms with Crippen LogP contribution in [0.5, 0.6) is 5.75 Å². The van der Waals surface area contributed by atoms with E-state index in [1.165, 1.54) is 15.6 Å². The molecule has 0 bridgehead atoms. The Hall–Kier alpha value is -1.90. The molecule has 1 amide bonds. The van der Waals surface area contributed by atoms with Gasteiger partial charge in [0.05, 0.1) is 13.2 Å². The summed E-state index contributed by atoms with van der Waals surface area (Å²) >= 11 is 1.22. The molecule has 0 aliphatic carbocycles. The number of nitrogens with one attached hydrogen (secondary N) is 1. The van der Waals surface area contributed by atoms with Crippen LogP contribution in [0.3, 0.4) is 0 Å². The van der Waals surface area contributed by atoms with Gasteiger partial charge in [-0.2, -0.15) is 4.31 Å². The molecule has 146 valence electrons. The topological polar surface area (TPSA) is 75.7 Å². The highest BCUT2D eigenvalue weighted by Gasteiger charge is 2.33. The summed E-state index contributed by atoms with van der Waals surface area (Å²) < 4.78 is 32.4. The standard InChI is InChI=1S/C19H24N2O4S2/c1-14(16-6-3-4-7-17(16)25-2)20-19(22)15-9-11-21(12-10-15)27(23,24)18-8-5-13-26-18/h3-8,13-15H,9-12H2,1-2H3,(H,20,22)/t14-/m0/s1. The monoisotopic (exact) mass is 408 g/mol. The van der Waals surface area contributed by atoms with E-state index in [1.807, 2.05) is 31.2 Å². The summed E-state index contributed by atoms with van der Waals surface area (Å²) in [6.45, 7) is 2.65. The Morgan fingerprint density at radius 2 is 1.93 bits per heavy atom. The second-order valence-corrected chi connectivity index (χ2v) is 9.70. The van der Waals surface area contributed by atoms with E-state index in [4.69, 9.17) is 4.74 Å². The van der Waals surface area contributed by atoms with Gasteiger partial charge >= 0.3 is 0 Å². The highest BCUT2D eigenvalue weighted by atomic mass is 32.2. The summed E-state index contributed by atoms with van der Waals surface area (Å²) in [5, 5.41) is 4.79. The first-order valence-corrected chi connectivity index (χ1v) is 11.2. The first-order chi connectivity index (χ1) is 12.9. The lowest BCUT2D eigenvalue weighted by Crippen LogP contribution is -2.43. The minimum Gasteiger partial charge on any atom is -0.496 e. The first kappa shape index (κ1) is 19.9. The lowest BCUT2D eigenvalue weighted by Gasteiger charge is -2.31. The maximum Gasteiger partial charge on any atom is 0.252 e. The number of sulfonamides is 1. The fourth-order valence-corrected chi connectivity index (χ4v) is 5.94. The van der Waals surface area contributed by atoms with E-state index < -0.39 is 10.0 Å². The van der Waals surface area contributed by atoms with Gasteiger partial charge in [-0.3, -0.25) is 4.79 Å². The molecule has 2 heterocycles. The molecule has 1 N–H and O–H groups in total.